The first-order valence-electron chi connectivity index (χ1n) is 4.43. The highest BCUT2D eigenvalue weighted by Gasteiger charge is 2.07. The van der Waals surface area contributed by atoms with Crippen molar-refractivity contribution in [2.75, 3.05) is 0 Å². The molecular formula is C10H14BrNS. The van der Waals surface area contributed by atoms with Gasteiger partial charge in [-0.05, 0) is 40.9 Å². The molecule has 0 spiro atoms. The number of aryl methyl sites for hydroxylation is 1. The second-order valence-corrected chi connectivity index (χ2v) is 5.30. The molecule has 1 nitrogen and oxygen atoms in total. The Morgan fingerprint density at radius 2 is 2.31 bits per heavy atom. The zero-order valence-electron chi connectivity index (χ0n) is 8.17. The molecule has 0 fully saturated rings. The number of aromatic nitrogens is 1. The van der Waals surface area contributed by atoms with E-state index < -0.39 is 0 Å². The van der Waals surface area contributed by atoms with Crippen LogP contribution in [0.1, 0.15) is 25.8 Å². The Bertz CT molecular complexity index is 288. The lowest BCUT2D eigenvalue weighted by Crippen LogP contribution is -1.95. The minimum Gasteiger partial charge on any atom is -0.249 e. The molecule has 1 heterocycles. The molecule has 1 unspecified atom stereocenters. The van der Waals surface area contributed by atoms with E-state index in [0.717, 1.165) is 9.50 Å². The summed E-state index contributed by atoms with van der Waals surface area (Å²) < 4.78 is 1.14. The van der Waals surface area contributed by atoms with E-state index in [1.54, 1.807) is 0 Å². The summed E-state index contributed by atoms with van der Waals surface area (Å²) in [6.45, 7) is 6.51. The summed E-state index contributed by atoms with van der Waals surface area (Å²) in [7, 11) is 0. The Balaban J connectivity index is 2.83. The van der Waals surface area contributed by atoms with Crippen LogP contribution in [-0.2, 0) is 0 Å². The third-order valence-electron chi connectivity index (χ3n) is 1.94. The summed E-state index contributed by atoms with van der Waals surface area (Å²) >= 11 is 5.38. The molecule has 13 heavy (non-hydrogen) atoms. The molecule has 0 saturated heterocycles. The quantitative estimate of drug-likeness (QED) is 0.760. The van der Waals surface area contributed by atoms with Gasteiger partial charge < -0.3 is 0 Å². The molecule has 1 aromatic rings. The Kier molecular flexibility index (Phi) is 4.26. The van der Waals surface area contributed by atoms with Crippen LogP contribution in [0.15, 0.2) is 21.8 Å². The molecule has 0 N–H and O–H groups in total. The van der Waals surface area contributed by atoms with Gasteiger partial charge in [0.15, 0.2) is 0 Å². The highest BCUT2D eigenvalue weighted by atomic mass is 79.9. The van der Waals surface area contributed by atoms with Gasteiger partial charge in [0, 0.05) is 11.4 Å². The normalized spacial score (nSPS) is 12.9. The summed E-state index contributed by atoms with van der Waals surface area (Å²) in [6.07, 6.45) is 3.04. The third-order valence-corrected chi connectivity index (χ3v) is 4.47. The van der Waals surface area contributed by atoms with E-state index in [1.165, 1.54) is 12.0 Å². The molecule has 0 aliphatic carbocycles. The molecule has 0 bridgehead atoms. The number of halogens is 1. The highest BCUT2D eigenvalue weighted by Crippen LogP contribution is 2.31. The van der Waals surface area contributed by atoms with E-state index in [0.29, 0.717) is 5.25 Å². The van der Waals surface area contributed by atoms with Crippen molar-refractivity contribution >= 4 is 27.7 Å². The maximum Gasteiger partial charge on any atom is 0.111 e. The van der Waals surface area contributed by atoms with Crippen molar-refractivity contribution in [3.63, 3.8) is 0 Å². The fourth-order valence-electron chi connectivity index (χ4n) is 0.871. The van der Waals surface area contributed by atoms with Gasteiger partial charge in [0.2, 0.25) is 0 Å². The molecule has 0 aromatic carbocycles. The minimum atomic E-state index is 0.630. The van der Waals surface area contributed by atoms with Crippen molar-refractivity contribution in [2.24, 2.45) is 0 Å². The van der Waals surface area contributed by atoms with Crippen LogP contribution in [0.25, 0.3) is 0 Å². The second-order valence-electron chi connectivity index (χ2n) is 3.08. The fraction of sp³-hybridized carbons (Fsp3) is 0.500. The zero-order valence-corrected chi connectivity index (χ0v) is 10.6. The van der Waals surface area contributed by atoms with Crippen LogP contribution in [0.4, 0.5) is 0 Å². The lowest BCUT2D eigenvalue weighted by Gasteiger charge is -2.09. The Labute approximate surface area is 92.5 Å². The van der Waals surface area contributed by atoms with Crippen molar-refractivity contribution in [1.29, 1.82) is 0 Å². The molecule has 3 heteroatoms. The average molecular weight is 260 g/mol. The van der Waals surface area contributed by atoms with E-state index in [-0.39, 0.29) is 0 Å². The van der Waals surface area contributed by atoms with Crippen LogP contribution in [0.3, 0.4) is 0 Å². The molecule has 0 aliphatic rings. The Hall–Kier alpha value is -0.0200. The Morgan fingerprint density at radius 1 is 1.62 bits per heavy atom. The van der Waals surface area contributed by atoms with Gasteiger partial charge in [0.05, 0.1) is 4.47 Å². The van der Waals surface area contributed by atoms with Crippen molar-refractivity contribution in [1.82, 2.24) is 4.98 Å². The van der Waals surface area contributed by atoms with Crippen LogP contribution < -0.4 is 0 Å². The molecule has 0 saturated carbocycles. The van der Waals surface area contributed by atoms with Crippen LogP contribution in [-0.4, -0.2) is 10.2 Å². The van der Waals surface area contributed by atoms with Gasteiger partial charge in [-0.2, -0.15) is 0 Å². The largest absolute Gasteiger partial charge is 0.249 e. The summed E-state index contributed by atoms with van der Waals surface area (Å²) in [5, 5.41) is 1.74. The average Bonchev–Trinajstić information content (AvgIpc) is 2.13. The van der Waals surface area contributed by atoms with Gasteiger partial charge in [0.1, 0.15) is 5.03 Å². The van der Waals surface area contributed by atoms with Crippen LogP contribution >= 0.6 is 27.7 Å². The summed E-state index contributed by atoms with van der Waals surface area (Å²) in [4.78, 5) is 4.34. The molecule has 72 valence electrons. The van der Waals surface area contributed by atoms with E-state index >= 15 is 0 Å². The predicted molar refractivity (Wildman–Crippen MR) is 62.3 cm³/mol. The standard InChI is InChI=1S/C10H14BrNS/c1-4-8(3)13-10-9(11)7(2)5-6-12-10/h5-6,8H,4H2,1-3H3. The first-order chi connectivity index (χ1) is 6.15. The maximum absolute atomic E-state index is 4.34. The number of pyridine rings is 1. The van der Waals surface area contributed by atoms with E-state index in [9.17, 15) is 0 Å². The van der Waals surface area contributed by atoms with Gasteiger partial charge in [-0.1, -0.05) is 13.8 Å². The van der Waals surface area contributed by atoms with Crippen molar-refractivity contribution in [3.8, 4) is 0 Å². The van der Waals surface area contributed by atoms with Gasteiger partial charge in [-0.15, -0.1) is 11.8 Å². The van der Waals surface area contributed by atoms with E-state index in [1.807, 2.05) is 24.0 Å². The van der Waals surface area contributed by atoms with Crippen LogP contribution in [0.2, 0.25) is 0 Å². The molecule has 1 rings (SSSR count). The number of rotatable bonds is 3. The zero-order chi connectivity index (χ0) is 9.84. The molecular weight excluding hydrogens is 246 g/mol. The third kappa shape index (κ3) is 2.99. The number of nitrogens with zero attached hydrogens (tertiary/aromatic N) is 1. The van der Waals surface area contributed by atoms with Crippen LogP contribution in [0, 0.1) is 6.92 Å². The summed E-state index contributed by atoms with van der Waals surface area (Å²) in [5.74, 6) is 0. The maximum atomic E-state index is 4.34. The molecule has 0 amide bonds. The molecule has 0 aliphatic heterocycles. The number of thioether (sulfide) groups is 1. The minimum absolute atomic E-state index is 0.630. The Morgan fingerprint density at radius 3 is 2.92 bits per heavy atom. The van der Waals surface area contributed by atoms with Crippen LogP contribution in [0.5, 0.6) is 0 Å². The number of hydrogen-bond donors (Lipinski definition) is 0. The lowest BCUT2D eigenvalue weighted by atomic mass is 10.3. The second kappa shape index (κ2) is 5.01. The monoisotopic (exact) mass is 259 g/mol. The first kappa shape index (κ1) is 11.1. The molecule has 1 atom stereocenters. The highest BCUT2D eigenvalue weighted by molar-refractivity contribution is 9.10. The van der Waals surface area contributed by atoms with Crippen molar-refractivity contribution < 1.29 is 0 Å². The van der Waals surface area contributed by atoms with E-state index in [2.05, 4.69) is 41.7 Å². The number of hydrogen-bond acceptors (Lipinski definition) is 2. The van der Waals surface area contributed by atoms with Gasteiger partial charge in [-0.3, -0.25) is 0 Å². The predicted octanol–water partition coefficient (Wildman–Crippen LogP) is 4.04. The van der Waals surface area contributed by atoms with Crippen molar-refractivity contribution in [3.05, 3.63) is 22.3 Å². The topological polar surface area (TPSA) is 12.9 Å². The smallest absolute Gasteiger partial charge is 0.111 e. The lowest BCUT2D eigenvalue weighted by molar-refractivity contribution is 0.899. The van der Waals surface area contributed by atoms with E-state index in [4.69, 9.17) is 0 Å². The van der Waals surface area contributed by atoms with Crippen molar-refractivity contribution in [2.45, 2.75) is 37.5 Å². The SMILES string of the molecule is CCC(C)Sc1nccc(C)c1Br. The van der Waals surface area contributed by atoms with Gasteiger partial charge in [-0.25, -0.2) is 4.98 Å². The fourth-order valence-corrected chi connectivity index (χ4v) is 2.32. The van der Waals surface area contributed by atoms with Gasteiger partial charge in [0.25, 0.3) is 0 Å². The first-order valence-corrected chi connectivity index (χ1v) is 6.10. The summed E-state index contributed by atoms with van der Waals surface area (Å²) in [6, 6.07) is 2.02. The molecule has 0 radical (unpaired) electrons. The summed E-state index contributed by atoms with van der Waals surface area (Å²) in [5.41, 5.74) is 1.25. The molecule has 1 aromatic heterocycles. The van der Waals surface area contributed by atoms with Gasteiger partial charge >= 0.3 is 0 Å².